The van der Waals surface area contributed by atoms with Crippen LogP contribution in [-0.2, 0) is 16.6 Å². The molecular formula is C17H22N2O5S. The number of hydrogen-bond donors (Lipinski definition) is 2. The second-order valence-electron chi connectivity index (χ2n) is 5.67. The predicted molar refractivity (Wildman–Crippen MR) is 92.6 cm³/mol. The van der Waals surface area contributed by atoms with Crippen molar-refractivity contribution in [1.29, 1.82) is 0 Å². The highest BCUT2D eigenvalue weighted by Gasteiger charge is 2.22. The van der Waals surface area contributed by atoms with E-state index in [0.29, 0.717) is 18.7 Å². The van der Waals surface area contributed by atoms with Crippen molar-refractivity contribution < 1.29 is 22.7 Å². The molecule has 1 aromatic carbocycles. The van der Waals surface area contributed by atoms with Crippen LogP contribution in [0, 0.1) is 6.92 Å². The molecule has 2 rings (SSSR count). The van der Waals surface area contributed by atoms with Gasteiger partial charge >= 0.3 is 0 Å². The fraction of sp³-hybridized carbons (Fsp3) is 0.353. The van der Waals surface area contributed by atoms with E-state index in [2.05, 4.69) is 5.32 Å². The summed E-state index contributed by atoms with van der Waals surface area (Å²) in [5, 5.41) is 11.3. The van der Waals surface area contributed by atoms with Gasteiger partial charge in [0, 0.05) is 20.2 Å². The molecule has 0 radical (unpaired) electrons. The number of nitrogens with zero attached hydrogens (tertiary/aromatic N) is 1. The molecule has 0 fully saturated rings. The van der Waals surface area contributed by atoms with Crippen molar-refractivity contribution in [2.24, 2.45) is 0 Å². The predicted octanol–water partition coefficient (Wildman–Crippen LogP) is 1.52. The van der Waals surface area contributed by atoms with Crippen molar-refractivity contribution in [3.8, 4) is 0 Å². The maximum absolute atomic E-state index is 12.5. The number of carbonyl (C=O) groups excluding carboxylic acids is 1. The number of furan rings is 1. The second kappa shape index (κ2) is 8.28. The Morgan fingerprint density at radius 3 is 2.52 bits per heavy atom. The Bertz CT molecular complexity index is 812. The van der Waals surface area contributed by atoms with Gasteiger partial charge in [-0.2, -0.15) is 4.31 Å². The molecule has 0 saturated heterocycles. The first kappa shape index (κ1) is 19.2. The highest BCUT2D eigenvalue weighted by molar-refractivity contribution is 7.89. The lowest BCUT2D eigenvalue weighted by molar-refractivity contribution is 0.0921. The third-order valence-electron chi connectivity index (χ3n) is 3.61. The molecule has 7 nitrogen and oxygen atoms in total. The first-order valence-electron chi connectivity index (χ1n) is 7.85. The zero-order chi connectivity index (χ0) is 18.4. The molecule has 0 aliphatic heterocycles. The van der Waals surface area contributed by atoms with Gasteiger partial charge in [-0.3, -0.25) is 4.79 Å². The van der Waals surface area contributed by atoms with Gasteiger partial charge in [-0.15, -0.1) is 0 Å². The van der Waals surface area contributed by atoms with Gasteiger partial charge in [-0.1, -0.05) is 17.7 Å². The number of amides is 1. The van der Waals surface area contributed by atoms with E-state index in [1.165, 1.54) is 17.4 Å². The minimum atomic E-state index is -3.64. The zero-order valence-electron chi connectivity index (χ0n) is 14.2. The van der Waals surface area contributed by atoms with Crippen molar-refractivity contribution in [2.75, 3.05) is 20.2 Å². The Labute approximate surface area is 147 Å². The molecule has 1 heterocycles. The van der Waals surface area contributed by atoms with Gasteiger partial charge in [-0.25, -0.2) is 8.42 Å². The molecule has 0 atom stereocenters. The van der Waals surface area contributed by atoms with Crippen LogP contribution in [0.1, 0.15) is 28.3 Å². The highest BCUT2D eigenvalue weighted by atomic mass is 32.2. The molecule has 0 bridgehead atoms. The molecule has 1 amide bonds. The molecule has 136 valence electrons. The quantitative estimate of drug-likeness (QED) is 0.690. The summed E-state index contributed by atoms with van der Waals surface area (Å²) in [6.45, 7) is 2.23. The van der Waals surface area contributed by atoms with Gasteiger partial charge < -0.3 is 14.8 Å². The SMILES string of the molecule is Cc1ccc(S(=O)(=O)N(C)Cc2ccc(C(=O)NCCCO)o2)cc1. The van der Waals surface area contributed by atoms with Crippen LogP contribution in [0.2, 0.25) is 0 Å². The molecule has 0 saturated carbocycles. The number of carbonyl (C=O) groups is 1. The highest BCUT2D eigenvalue weighted by Crippen LogP contribution is 2.18. The van der Waals surface area contributed by atoms with Gasteiger partial charge in [0.25, 0.3) is 5.91 Å². The lowest BCUT2D eigenvalue weighted by Gasteiger charge is -2.16. The van der Waals surface area contributed by atoms with Gasteiger partial charge in [-0.05, 0) is 37.6 Å². The van der Waals surface area contributed by atoms with E-state index in [4.69, 9.17) is 9.52 Å². The first-order chi connectivity index (χ1) is 11.8. The van der Waals surface area contributed by atoms with Crippen LogP contribution < -0.4 is 5.32 Å². The van der Waals surface area contributed by atoms with Crippen molar-refractivity contribution >= 4 is 15.9 Å². The number of aryl methyl sites for hydroxylation is 1. The topological polar surface area (TPSA) is 99.9 Å². The van der Waals surface area contributed by atoms with Gasteiger partial charge in [0.15, 0.2) is 5.76 Å². The third-order valence-corrected chi connectivity index (χ3v) is 5.43. The van der Waals surface area contributed by atoms with E-state index in [1.807, 2.05) is 6.92 Å². The fourth-order valence-electron chi connectivity index (χ4n) is 2.15. The Hall–Kier alpha value is -2.16. The summed E-state index contributed by atoms with van der Waals surface area (Å²) in [7, 11) is -2.18. The number of nitrogens with one attached hydrogen (secondary N) is 1. The molecule has 0 unspecified atom stereocenters. The minimum Gasteiger partial charge on any atom is -0.455 e. The Balaban J connectivity index is 2.04. The number of sulfonamides is 1. The summed E-state index contributed by atoms with van der Waals surface area (Å²) in [5.41, 5.74) is 0.976. The minimum absolute atomic E-state index is 0.00858. The first-order valence-corrected chi connectivity index (χ1v) is 9.29. The van der Waals surface area contributed by atoms with Crippen LogP contribution in [0.5, 0.6) is 0 Å². The van der Waals surface area contributed by atoms with Gasteiger partial charge in [0.1, 0.15) is 5.76 Å². The molecule has 25 heavy (non-hydrogen) atoms. The number of rotatable bonds is 8. The summed E-state index contributed by atoms with van der Waals surface area (Å²) in [6, 6.07) is 9.66. The second-order valence-corrected chi connectivity index (χ2v) is 7.72. The summed E-state index contributed by atoms with van der Waals surface area (Å²) >= 11 is 0. The fourth-order valence-corrected chi connectivity index (χ4v) is 3.28. The van der Waals surface area contributed by atoms with Crippen molar-refractivity contribution in [3.63, 3.8) is 0 Å². The van der Waals surface area contributed by atoms with E-state index >= 15 is 0 Å². The van der Waals surface area contributed by atoms with E-state index < -0.39 is 15.9 Å². The van der Waals surface area contributed by atoms with Crippen LogP contribution in [0.4, 0.5) is 0 Å². The van der Waals surface area contributed by atoms with E-state index in [9.17, 15) is 13.2 Å². The Kier molecular flexibility index (Phi) is 6.35. The average Bonchev–Trinajstić information content (AvgIpc) is 3.04. The largest absolute Gasteiger partial charge is 0.455 e. The molecule has 1 aromatic heterocycles. The van der Waals surface area contributed by atoms with Crippen LogP contribution in [0.3, 0.4) is 0 Å². The Morgan fingerprint density at radius 2 is 1.88 bits per heavy atom. The molecule has 0 aliphatic rings. The summed E-state index contributed by atoms with van der Waals surface area (Å²) < 4.78 is 31.7. The number of hydrogen-bond acceptors (Lipinski definition) is 5. The van der Waals surface area contributed by atoms with Crippen LogP contribution in [-0.4, -0.2) is 43.9 Å². The van der Waals surface area contributed by atoms with Gasteiger partial charge in [0.05, 0.1) is 11.4 Å². The molecular weight excluding hydrogens is 344 g/mol. The maximum Gasteiger partial charge on any atom is 0.286 e. The van der Waals surface area contributed by atoms with Crippen LogP contribution >= 0.6 is 0 Å². The molecule has 8 heteroatoms. The standard InChI is InChI=1S/C17H22N2O5S/c1-13-4-7-15(8-5-13)25(22,23)19(2)12-14-6-9-16(24-14)17(21)18-10-3-11-20/h4-9,20H,3,10-12H2,1-2H3,(H,18,21). The zero-order valence-corrected chi connectivity index (χ0v) is 15.0. The normalized spacial score (nSPS) is 11.7. The number of aliphatic hydroxyl groups is 1. The van der Waals surface area contributed by atoms with E-state index in [1.54, 1.807) is 30.3 Å². The summed E-state index contributed by atoms with van der Waals surface area (Å²) in [6.07, 6.45) is 0.455. The van der Waals surface area contributed by atoms with Crippen molar-refractivity contribution in [3.05, 3.63) is 53.5 Å². The van der Waals surface area contributed by atoms with Crippen LogP contribution in [0.15, 0.2) is 45.7 Å². The number of aliphatic hydroxyl groups excluding tert-OH is 1. The van der Waals surface area contributed by atoms with Crippen molar-refractivity contribution in [2.45, 2.75) is 24.8 Å². The van der Waals surface area contributed by atoms with Crippen LogP contribution in [0.25, 0.3) is 0 Å². The molecule has 0 aliphatic carbocycles. The van der Waals surface area contributed by atoms with E-state index in [-0.39, 0.29) is 23.8 Å². The molecule has 2 N–H and O–H groups in total. The summed E-state index contributed by atoms with van der Waals surface area (Å²) in [4.78, 5) is 12.1. The van der Waals surface area contributed by atoms with Gasteiger partial charge in [0.2, 0.25) is 10.0 Å². The average molecular weight is 366 g/mol. The third kappa shape index (κ3) is 4.91. The lowest BCUT2D eigenvalue weighted by Crippen LogP contribution is -2.26. The number of benzene rings is 1. The Morgan fingerprint density at radius 1 is 1.20 bits per heavy atom. The van der Waals surface area contributed by atoms with E-state index in [0.717, 1.165) is 5.56 Å². The lowest BCUT2D eigenvalue weighted by atomic mass is 10.2. The molecule has 0 spiro atoms. The molecule has 2 aromatic rings. The van der Waals surface area contributed by atoms with Crippen molar-refractivity contribution in [1.82, 2.24) is 9.62 Å². The maximum atomic E-state index is 12.5. The monoisotopic (exact) mass is 366 g/mol. The smallest absolute Gasteiger partial charge is 0.286 e. The summed E-state index contributed by atoms with van der Waals surface area (Å²) in [5.74, 6) is 0.0725.